The SMILES string of the molecule is Cc1cnc(C2CC2)n1C1CCN(S(=O)(=O)c2cccs2)C1. The number of hydrogen-bond donors (Lipinski definition) is 0. The average molecular weight is 337 g/mol. The Hall–Kier alpha value is -1.18. The molecule has 2 aromatic heterocycles. The van der Waals surface area contributed by atoms with Gasteiger partial charge in [-0.05, 0) is 37.6 Å². The van der Waals surface area contributed by atoms with Gasteiger partial charge >= 0.3 is 0 Å². The second-order valence-electron chi connectivity index (χ2n) is 6.14. The van der Waals surface area contributed by atoms with Gasteiger partial charge in [-0.25, -0.2) is 13.4 Å². The highest BCUT2D eigenvalue weighted by Gasteiger charge is 2.37. The third-order valence-electron chi connectivity index (χ3n) is 4.53. The predicted octanol–water partition coefficient (Wildman–Crippen LogP) is 2.77. The normalized spacial score (nSPS) is 23.2. The van der Waals surface area contributed by atoms with Gasteiger partial charge < -0.3 is 4.57 Å². The van der Waals surface area contributed by atoms with Crippen molar-refractivity contribution in [2.24, 2.45) is 0 Å². The Labute approximate surface area is 134 Å². The number of nitrogens with zero attached hydrogens (tertiary/aromatic N) is 3. The van der Waals surface area contributed by atoms with Crippen molar-refractivity contribution in [2.75, 3.05) is 13.1 Å². The zero-order valence-corrected chi connectivity index (χ0v) is 14.1. The molecule has 1 aliphatic carbocycles. The lowest BCUT2D eigenvalue weighted by molar-refractivity contribution is 0.444. The lowest BCUT2D eigenvalue weighted by Crippen LogP contribution is -2.29. The summed E-state index contributed by atoms with van der Waals surface area (Å²) < 4.78 is 29.6. The molecule has 1 aliphatic heterocycles. The minimum atomic E-state index is -3.33. The van der Waals surface area contributed by atoms with Crippen molar-refractivity contribution < 1.29 is 8.42 Å². The van der Waals surface area contributed by atoms with Crippen LogP contribution < -0.4 is 0 Å². The Morgan fingerprint density at radius 2 is 2.14 bits per heavy atom. The van der Waals surface area contributed by atoms with E-state index in [1.165, 1.54) is 24.2 Å². The van der Waals surface area contributed by atoms with Crippen molar-refractivity contribution in [3.63, 3.8) is 0 Å². The molecular formula is C15H19N3O2S2. The van der Waals surface area contributed by atoms with Gasteiger partial charge in [-0.2, -0.15) is 4.31 Å². The highest BCUT2D eigenvalue weighted by Crippen LogP contribution is 2.42. The van der Waals surface area contributed by atoms with Gasteiger partial charge in [0, 0.05) is 30.9 Å². The fourth-order valence-corrected chi connectivity index (χ4v) is 5.90. The van der Waals surface area contributed by atoms with Crippen molar-refractivity contribution in [1.29, 1.82) is 0 Å². The predicted molar refractivity (Wildman–Crippen MR) is 85.7 cm³/mol. The summed E-state index contributed by atoms with van der Waals surface area (Å²) in [5.41, 5.74) is 1.14. The van der Waals surface area contributed by atoms with Crippen LogP contribution in [0.4, 0.5) is 0 Å². The van der Waals surface area contributed by atoms with Crippen LogP contribution in [0.15, 0.2) is 27.9 Å². The van der Waals surface area contributed by atoms with Crippen LogP contribution in [0.25, 0.3) is 0 Å². The molecule has 0 bridgehead atoms. The van der Waals surface area contributed by atoms with E-state index in [1.54, 1.807) is 16.4 Å². The molecule has 118 valence electrons. The lowest BCUT2D eigenvalue weighted by Gasteiger charge is -2.19. The fraction of sp³-hybridized carbons (Fsp3) is 0.533. The topological polar surface area (TPSA) is 55.2 Å². The summed E-state index contributed by atoms with van der Waals surface area (Å²) in [6, 6.07) is 3.69. The molecule has 0 spiro atoms. The zero-order valence-electron chi connectivity index (χ0n) is 12.5. The second-order valence-corrected chi connectivity index (χ2v) is 9.25. The van der Waals surface area contributed by atoms with Gasteiger partial charge in [0.2, 0.25) is 0 Å². The molecule has 3 heterocycles. The van der Waals surface area contributed by atoms with E-state index in [1.807, 2.05) is 11.6 Å². The largest absolute Gasteiger partial charge is 0.328 e. The monoisotopic (exact) mass is 337 g/mol. The van der Waals surface area contributed by atoms with Crippen LogP contribution in [0.3, 0.4) is 0 Å². The van der Waals surface area contributed by atoms with E-state index in [0.717, 1.165) is 17.9 Å². The lowest BCUT2D eigenvalue weighted by atomic mass is 10.2. The Kier molecular flexibility index (Phi) is 3.39. The van der Waals surface area contributed by atoms with E-state index < -0.39 is 10.0 Å². The van der Waals surface area contributed by atoms with E-state index in [9.17, 15) is 8.42 Å². The summed E-state index contributed by atoms with van der Waals surface area (Å²) in [7, 11) is -3.33. The Morgan fingerprint density at radius 1 is 1.32 bits per heavy atom. The standard InChI is InChI=1S/C15H19N3O2S2/c1-11-9-16-15(12-4-5-12)18(11)13-6-7-17(10-13)22(19,20)14-3-2-8-21-14/h2-3,8-9,12-13H,4-7,10H2,1H3. The first-order valence-corrected chi connectivity index (χ1v) is 9.96. The molecule has 5 nitrogen and oxygen atoms in total. The Morgan fingerprint density at radius 3 is 2.82 bits per heavy atom. The molecular weight excluding hydrogens is 318 g/mol. The van der Waals surface area contributed by atoms with Crippen LogP contribution in [-0.2, 0) is 10.0 Å². The zero-order chi connectivity index (χ0) is 15.3. The van der Waals surface area contributed by atoms with Crippen LogP contribution in [0.1, 0.15) is 42.7 Å². The number of aryl methyl sites for hydroxylation is 1. The van der Waals surface area contributed by atoms with Gasteiger partial charge in [-0.1, -0.05) is 6.07 Å². The van der Waals surface area contributed by atoms with E-state index in [0.29, 0.717) is 23.2 Å². The summed E-state index contributed by atoms with van der Waals surface area (Å²) in [6.07, 6.45) is 5.20. The molecule has 1 saturated heterocycles. The molecule has 0 radical (unpaired) electrons. The summed E-state index contributed by atoms with van der Waals surface area (Å²) >= 11 is 1.29. The van der Waals surface area contributed by atoms with Crippen LogP contribution in [0.2, 0.25) is 0 Å². The minimum Gasteiger partial charge on any atom is -0.328 e. The number of rotatable bonds is 4. The molecule has 2 aromatic rings. The third-order valence-corrected chi connectivity index (χ3v) is 7.77. The van der Waals surface area contributed by atoms with Crippen molar-refractivity contribution in [1.82, 2.24) is 13.9 Å². The van der Waals surface area contributed by atoms with E-state index in [4.69, 9.17) is 0 Å². The number of thiophene rings is 1. The molecule has 7 heteroatoms. The van der Waals surface area contributed by atoms with Crippen LogP contribution >= 0.6 is 11.3 Å². The maximum Gasteiger partial charge on any atom is 0.252 e. The number of hydrogen-bond acceptors (Lipinski definition) is 4. The smallest absolute Gasteiger partial charge is 0.252 e. The Bertz CT molecular complexity index is 776. The number of imidazole rings is 1. The van der Waals surface area contributed by atoms with E-state index >= 15 is 0 Å². The Balaban J connectivity index is 1.60. The summed E-state index contributed by atoms with van der Waals surface area (Å²) in [5.74, 6) is 1.73. The quantitative estimate of drug-likeness (QED) is 0.862. The molecule has 4 rings (SSSR count). The number of aromatic nitrogens is 2. The minimum absolute atomic E-state index is 0.216. The van der Waals surface area contributed by atoms with Crippen LogP contribution in [0.5, 0.6) is 0 Å². The maximum absolute atomic E-state index is 12.6. The average Bonchev–Trinajstić information content (AvgIpc) is 2.96. The van der Waals surface area contributed by atoms with Crippen molar-refractivity contribution in [3.05, 3.63) is 35.2 Å². The van der Waals surface area contributed by atoms with Crippen molar-refractivity contribution in [3.8, 4) is 0 Å². The molecule has 2 aliphatic rings. The first-order chi connectivity index (χ1) is 10.6. The fourth-order valence-electron chi connectivity index (χ4n) is 3.26. The first-order valence-electron chi connectivity index (χ1n) is 7.65. The van der Waals surface area contributed by atoms with Gasteiger partial charge in [-0.3, -0.25) is 0 Å². The highest BCUT2D eigenvalue weighted by atomic mass is 32.2. The molecule has 1 saturated carbocycles. The van der Waals surface area contributed by atoms with Crippen LogP contribution in [0, 0.1) is 6.92 Å². The maximum atomic E-state index is 12.6. The third kappa shape index (κ3) is 2.31. The van der Waals surface area contributed by atoms with Crippen molar-refractivity contribution in [2.45, 2.75) is 42.4 Å². The molecule has 22 heavy (non-hydrogen) atoms. The molecule has 2 fully saturated rings. The van der Waals surface area contributed by atoms with Crippen LogP contribution in [-0.4, -0.2) is 35.4 Å². The molecule has 1 unspecified atom stereocenters. The second kappa shape index (κ2) is 5.18. The summed E-state index contributed by atoms with van der Waals surface area (Å²) in [6.45, 7) is 3.21. The first kappa shape index (κ1) is 14.4. The van der Waals surface area contributed by atoms with Gasteiger partial charge in [0.05, 0.1) is 6.04 Å². The van der Waals surface area contributed by atoms with E-state index in [2.05, 4.69) is 16.5 Å². The van der Waals surface area contributed by atoms with Crippen molar-refractivity contribution >= 4 is 21.4 Å². The molecule has 0 N–H and O–H groups in total. The van der Waals surface area contributed by atoms with E-state index in [-0.39, 0.29) is 6.04 Å². The van der Waals surface area contributed by atoms with Gasteiger partial charge in [0.15, 0.2) is 0 Å². The highest BCUT2D eigenvalue weighted by molar-refractivity contribution is 7.91. The van der Waals surface area contributed by atoms with Gasteiger partial charge in [-0.15, -0.1) is 11.3 Å². The molecule has 1 atom stereocenters. The summed E-state index contributed by atoms with van der Waals surface area (Å²) in [4.78, 5) is 4.56. The van der Waals surface area contributed by atoms with Gasteiger partial charge in [0.25, 0.3) is 10.0 Å². The molecule has 0 aromatic carbocycles. The summed E-state index contributed by atoms with van der Waals surface area (Å²) in [5, 5.41) is 1.81. The molecule has 0 amide bonds. The van der Waals surface area contributed by atoms with Gasteiger partial charge in [0.1, 0.15) is 10.0 Å². The number of sulfonamides is 1.